The largest absolute Gasteiger partial charge is 0.481 e. The molecule has 0 aromatic carbocycles. The van der Waals surface area contributed by atoms with Crippen LogP contribution in [0.5, 0.6) is 0 Å². The predicted molar refractivity (Wildman–Crippen MR) is 340 cm³/mol. The first-order valence-corrected chi connectivity index (χ1v) is 31.7. The fourth-order valence-corrected chi connectivity index (χ4v) is 11.0. The molecule has 2 unspecified atom stereocenters. The first-order valence-electron chi connectivity index (χ1n) is 31.7. The second-order valence-electron chi connectivity index (χ2n) is 26.9. The third-order valence-electron chi connectivity index (χ3n) is 16.5. The first-order chi connectivity index (χ1) is 41.1. The second kappa shape index (κ2) is 36.9. The molecule has 6 N–H and O–H groups in total. The van der Waals surface area contributed by atoms with E-state index < -0.39 is 162 Å². The average molecular weight is 1260 g/mol. The van der Waals surface area contributed by atoms with Gasteiger partial charge < -0.3 is 65.8 Å². The molecule has 1 aliphatic rings. The molecule has 1 rings (SSSR count). The van der Waals surface area contributed by atoms with Gasteiger partial charge in [-0.15, -0.1) is 0 Å². The molecule has 0 aromatic rings. The summed E-state index contributed by atoms with van der Waals surface area (Å²) in [4.78, 5) is 180. The van der Waals surface area contributed by atoms with Gasteiger partial charge in [-0.05, 0) is 100 Å². The van der Waals surface area contributed by atoms with Crippen molar-refractivity contribution in [3.05, 3.63) is 12.2 Å². The first kappa shape index (κ1) is 80.4. The molecule has 25 nitrogen and oxygen atoms in total. The summed E-state index contributed by atoms with van der Waals surface area (Å²) in [5.74, 6) is -11.4. The standard InChI is InChI=1S/C64H113N11O14/c1-24-44-60(85)69(17)34-49(76)70(18)45(30-35(2)3)57(82)68-51(39(10)11)63(88)71(19)46(31-36(4)5)56(81)65-42(15)55(80)66-43(16)59(84)72(20)47(32-37(6)7)61(86)73(21)48(33-38(8)9)62(87)74(22)52(40(12)13)64(89)75(23)53(58(83)67-44)54(79)41(14)28-26-25-27-29-50(77)78/h25-26,35-48,51-54,79H,24,27-34H2,1-23H3,(H,65,81)(H,66,80)(H,67,83)(H,68,82)(H,77,78)/t41-,42+,43-,44+,45?,46+,47-,48-,51+,52+,53?,54-/m1/s1. The van der Waals surface area contributed by atoms with Crippen LogP contribution in [0.25, 0.3) is 0 Å². The Balaban J connectivity index is 4.35. The van der Waals surface area contributed by atoms with Crippen LogP contribution < -0.4 is 21.3 Å². The van der Waals surface area contributed by atoms with Crippen LogP contribution in [0.4, 0.5) is 0 Å². The van der Waals surface area contributed by atoms with Gasteiger partial charge in [-0.1, -0.05) is 109 Å². The van der Waals surface area contributed by atoms with E-state index in [0.29, 0.717) is 0 Å². The van der Waals surface area contributed by atoms with Crippen molar-refractivity contribution in [1.29, 1.82) is 0 Å². The highest BCUT2D eigenvalue weighted by atomic mass is 16.4. The van der Waals surface area contributed by atoms with Gasteiger partial charge in [0, 0.05) is 55.8 Å². The molecule has 12 atom stereocenters. The maximum absolute atomic E-state index is 15.2. The van der Waals surface area contributed by atoms with Crippen LogP contribution in [0, 0.1) is 41.4 Å². The van der Waals surface area contributed by atoms with E-state index in [2.05, 4.69) is 21.3 Å². The number of carbonyl (C=O) groups is 12. The molecule has 25 heteroatoms. The monoisotopic (exact) mass is 1260 g/mol. The van der Waals surface area contributed by atoms with E-state index in [1.165, 1.54) is 87.7 Å². The summed E-state index contributed by atoms with van der Waals surface area (Å²) < 4.78 is 0. The topological polar surface area (TPSA) is 316 Å². The van der Waals surface area contributed by atoms with Gasteiger partial charge in [0.1, 0.15) is 60.4 Å². The highest BCUT2D eigenvalue weighted by Gasteiger charge is 2.46. The molecule has 0 saturated carbocycles. The van der Waals surface area contributed by atoms with E-state index in [1.54, 1.807) is 53.7 Å². The minimum absolute atomic E-state index is 0.0250. The number of aliphatic hydroxyl groups excluding tert-OH is 1. The number of likely N-dealkylation sites (N-methyl/N-ethyl adjacent to an activating group) is 7. The molecular formula is C64H113N11O14. The molecule has 1 heterocycles. The average Bonchev–Trinajstić information content (AvgIpc) is 0.957. The summed E-state index contributed by atoms with van der Waals surface area (Å²) in [6.07, 6.45) is 2.34. The molecule has 0 radical (unpaired) electrons. The summed E-state index contributed by atoms with van der Waals surface area (Å²) in [6.45, 7) is 27.1. The fourth-order valence-electron chi connectivity index (χ4n) is 11.0. The minimum Gasteiger partial charge on any atom is -0.481 e. The van der Waals surface area contributed by atoms with E-state index in [1.807, 2.05) is 55.4 Å². The Morgan fingerprint density at radius 3 is 1.37 bits per heavy atom. The third kappa shape index (κ3) is 23.6. The number of carboxylic acids is 1. The van der Waals surface area contributed by atoms with Gasteiger partial charge in [0.2, 0.25) is 65.0 Å². The highest BCUT2D eigenvalue weighted by molar-refractivity contribution is 5.99. The lowest BCUT2D eigenvalue weighted by molar-refractivity contribution is -0.157. The van der Waals surface area contributed by atoms with Crippen molar-refractivity contribution in [3.63, 3.8) is 0 Å². The van der Waals surface area contributed by atoms with Crippen molar-refractivity contribution in [2.75, 3.05) is 55.9 Å². The van der Waals surface area contributed by atoms with Crippen LogP contribution in [0.3, 0.4) is 0 Å². The smallest absolute Gasteiger partial charge is 0.303 e. The summed E-state index contributed by atoms with van der Waals surface area (Å²) in [6, 6.07) is -12.7. The molecule has 508 valence electrons. The van der Waals surface area contributed by atoms with Gasteiger partial charge in [0.25, 0.3) is 0 Å². The number of nitrogens with zero attached hydrogens (tertiary/aromatic N) is 7. The lowest BCUT2D eigenvalue weighted by Crippen LogP contribution is -2.63. The van der Waals surface area contributed by atoms with E-state index in [-0.39, 0.29) is 75.0 Å². The van der Waals surface area contributed by atoms with Gasteiger partial charge in [-0.3, -0.25) is 57.5 Å². The summed E-state index contributed by atoms with van der Waals surface area (Å²) in [5.41, 5.74) is 0. The van der Waals surface area contributed by atoms with Crippen molar-refractivity contribution in [2.45, 2.75) is 229 Å². The zero-order chi connectivity index (χ0) is 69.0. The number of hydrogen-bond donors (Lipinski definition) is 6. The number of rotatable bonds is 18. The van der Waals surface area contributed by atoms with E-state index in [9.17, 15) is 58.2 Å². The van der Waals surface area contributed by atoms with Gasteiger partial charge in [0.15, 0.2) is 0 Å². The molecule has 1 aliphatic heterocycles. The molecule has 11 amide bonds. The van der Waals surface area contributed by atoms with Gasteiger partial charge in [0.05, 0.1) is 12.6 Å². The molecule has 1 fully saturated rings. The number of allylic oxidation sites excluding steroid dienone is 2. The molecule has 0 spiro atoms. The third-order valence-corrected chi connectivity index (χ3v) is 16.5. The SMILES string of the molecule is CC[C@@H]1NC(=O)C([C@H](O)[C@H](C)CC=CCCC(=O)O)N(C)C(=O)[C@H](C(C)C)N(C)C(=O)[C@@H](CC(C)C)N(C)C(=O)[C@@H](CC(C)C)N(C)C(=O)[C@@H](C)NC(=O)[C@H](C)NC(=O)[C@H](CC(C)C)N(C)C(=O)[C@H](C(C)C)NC(=O)C(CC(C)C)N(C)C(=O)CN(C)C1=O. The Hall–Kier alpha value is -6.66. The van der Waals surface area contributed by atoms with Gasteiger partial charge in [-0.2, -0.15) is 0 Å². The second-order valence-corrected chi connectivity index (χ2v) is 26.9. The van der Waals surface area contributed by atoms with Crippen molar-refractivity contribution in [2.24, 2.45) is 41.4 Å². The summed E-state index contributed by atoms with van der Waals surface area (Å²) in [7, 11) is 9.74. The summed E-state index contributed by atoms with van der Waals surface area (Å²) in [5, 5.41) is 32.3. The molecule has 0 aromatic heterocycles. The van der Waals surface area contributed by atoms with Gasteiger partial charge in [-0.25, -0.2) is 0 Å². The number of carboxylic acid groups (broad SMARTS) is 1. The number of carbonyl (C=O) groups excluding carboxylic acids is 11. The molecule has 89 heavy (non-hydrogen) atoms. The molecule has 0 aliphatic carbocycles. The van der Waals surface area contributed by atoms with Crippen LogP contribution in [0.2, 0.25) is 0 Å². The van der Waals surface area contributed by atoms with Crippen LogP contribution >= 0.6 is 0 Å². The Kier molecular flexibility index (Phi) is 33.3. The zero-order valence-electron chi connectivity index (χ0n) is 57.8. The number of aliphatic carboxylic acids is 1. The molecule has 0 bridgehead atoms. The minimum atomic E-state index is -1.71. The van der Waals surface area contributed by atoms with Crippen LogP contribution in [-0.4, -0.2) is 238 Å². The normalized spacial score (nSPS) is 26.2. The van der Waals surface area contributed by atoms with Gasteiger partial charge >= 0.3 is 5.97 Å². The molecular weight excluding hydrogens is 1150 g/mol. The van der Waals surface area contributed by atoms with E-state index >= 15 is 9.59 Å². The predicted octanol–water partition coefficient (Wildman–Crippen LogP) is 3.11. The van der Waals surface area contributed by atoms with Crippen LogP contribution in [0.15, 0.2) is 12.2 Å². The lowest BCUT2D eigenvalue weighted by atomic mass is 9.91. The van der Waals surface area contributed by atoms with Crippen molar-refractivity contribution < 1.29 is 67.7 Å². The number of amides is 11. The summed E-state index contributed by atoms with van der Waals surface area (Å²) >= 11 is 0. The number of nitrogens with one attached hydrogen (secondary N) is 4. The maximum Gasteiger partial charge on any atom is 0.303 e. The Morgan fingerprint density at radius 2 is 0.910 bits per heavy atom. The number of hydrogen-bond acceptors (Lipinski definition) is 13. The molecule has 1 saturated heterocycles. The fraction of sp³-hybridized carbons (Fsp3) is 0.781. The Morgan fingerprint density at radius 1 is 0.483 bits per heavy atom. The maximum atomic E-state index is 15.2. The zero-order valence-corrected chi connectivity index (χ0v) is 57.8. The van der Waals surface area contributed by atoms with E-state index in [4.69, 9.17) is 0 Å². The number of aliphatic hydroxyl groups is 1. The lowest BCUT2D eigenvalue weighted by Gasteiger charge is -2.41. The van der Waals surface area contributed by atoms with Crippen LogP contribution in [-0.2, 0) is 57.5 Å². The van der Waals surface area contributed by atoms with E-state index in [0.717, 1.165) is 9.80 Å². The quantitative estimate of drug-likeness (QED) is 0.108. The van der Waals surface area contributed by atoms with Crippen molar-refractivity contribution >= 4 is 70.9 Å². The highest BCUT2D eigenvalue weighted by Crippen LogP contribution is 2.26. The Labute approximate surface area is 530 Å². The van der Waals surface area contributed by atoms with Crippen LogP contribution in [0.1, 0.15) is 162 Å². The Bertz CT molecular complexity index is 2470. The van der Waals surface area contributed by atoms with Crippen molar-refractivity contribution in [1.82, 2.24) is 55.6 Å². The van der Waals surface area contributed by atoms with Crippen molar-refractivity contribution in [3.8, 4) is 0 Å².